The van der Waals surface area contributed by atoms with Gasteiger partial charge in [0.15, 0.2) is 17.5 Å². The summed E-state index contributed by atoms with van der Waals surface area (Å²) in [6.45, 7) is -0.549. The minimum atomic E-state index is -1.63. The standard InChI is InChI=1S/C20H19Cl2F3N2O4S/c21-9-3-10(22)5-11(4-9)32-20-19(30)17(18(29)15(7-28)31-20)27-6-14(26)8-1-12(23)16(25)13(24)2-8/h1-6,15,17-20,27-30H,7,26H2/b14-6-. The maximum absolute atomic E-state index is 13.5. The molecule has 0 aliphatic carbocycles. The molecular weight excluding hydrogens is 492 g/mol. The smallest absolute Gasteiger partial charge is 0.194 e. The van der Waals surface area contributed by atoms with Crippen LogP contribution in [0.15, 0.2) is 41.4 Å². The van der Waals surface area contributed by atoms with E-state index in [1.165, 1.54) is 6.07 Å². The van der Waals surface area contributed by atoms with Crippen LogP contribution in [0.1, 0.15) is 5.56 Å². The number of halogens is 5. The molecule has 0 spiro atoms. The Hall–Kier alpha value is -1.66. The van der Waals surface area contributed by atoms with E-state index in [0.717, 1.165) is 18.0 Å². The number of thioether (sulfide) groups is 1. The first kappa shape index (κ1) is 25.0. The van der Waals surface area contributed by atoms with Crippen molar-refractivity contribution in [1.82, 2.24) is 5.32 Å². The minimum absolute atomic E-state index is 0.150. The molecule has 5 atom stereocenters. The molecule has 5 unspecified atom stereocenters. The first-order valence-corrected chi connectivity index (χ1v) is 10.9. The summed E-state index contributed by atoms with van der Waals surface area (Å²) in [7, 11) is 0. The monoisotopic (exact) mass is 510 g/mol. The van der Waals surface area contributed by atoms with E-state index < -0.39 is 53.8 Å². The van der Waals surface area contributed by atoms with E-state index in [1.807, 2.05) is 0 Å². The number of nitrogens with one attached hydrogen (secondary N) is 1. The molecule has 0 saturated carbocycles. The molecule has 1 saturated heterocycles. The molecule has 0 aromatic heterocycles. The zero-order chi connectivity index (χ0) is 23.6. The number of nitrogens with two attached hydrogens (primary N) is 1. The quantitative estimate of drug-likeness (QED) is 0.380. The normalized spacial score (nSPS) is 26.2. The lowest BCUT2D eigenvalue weighted by Gasteiger charge is -2.42. The van der Waals surface area contributed by atoms with Gasteiger partial charge in [-0.25, -0.2) is 13.2 Å². The summed E-state index contributed by atoms with van der Waals surface area (Å²) in [6, 6.07) is 5.07. The number of hydrogen-bond acceptors (Lipinski definition) is 7. The van der Waals surface area contributed by atoms with E-state index in [0.29, 0.717) is 27.1 Å². The molecule has 0 bridgehead atoms. The first-order chi connectivity index (χ1) is 15.1. The Balaban J connectivity index is 1.81. The van der Waals surface area contributed by atoms with Crippen molar-refractivity contribution in [2.45, 2.75) is 34.7 Å². The molecule has 32 heavy (non-hydrogen) atoms. The van der Waals surface area contributed by atoms with Crippen molar-refractivity contribution in [3.05, 3.63) is 69.6 Å². The second-order valence-electron chi connectivity index (χ2n) is 6.98. The molecule has 2 aromatic carbocycles. The second kappa shape index (κ2) is 10.5. The molecule has 1 fully saturated rings. The van der Waals surface area contributed by atoms with Crippen LogP contribution in [0, 0.1) is 17.5 Å². The molecular formula is C20H19Cl2F3N2O4S. The Bertz CT molecular complexity index is 974. The van der Waals surface area contributed by atoms with Gasteiger partial charge in [0, 0.05) is 26.7 Å². The lowest BCUT2D eigenvalue weighted by Crippen LogP contribution is -2.62. The summed E-state index contributed by atoms with van der Waals surface area (Å²) in [4.78, 5) is 0.575. The SMILES string of the molecule is N/C(=C\NC1C(O)C(CO)OC(Sc2cc(Cl)cc(Cl)c2)C1O)c1cc(F)c(F)c(F)c1. The van der Waals surface area contributed by atoms with Crippen LogP contribution in [0.4, 0.5) is 13.2 Å². The van der Waals surface area contributed by atoms with Crippen LogP contribution >= 0.6 is 35.0 Å². The van der Waals surface area contributed by atoms with E-state index >= 15 is 0 Å². The fourth-order valence-electron chi connectivity index (χ4n) is 3.10. The molecule has 6 nitrogen and oxygen atoms in total. The molecule has 6 N–H and O–H groups in total. The third-order valence-corrected chi connectivity index (χ3v) is 6.29. The van der Waals surface area contributed by atoms with Gasteiger partial charge < -0.3 is 31.1 Å². The maximum atomic E-state index is 13.5. The summed E-state index contributed by atoms with van der Waals surface area (Å²) in [5, 5.41) is 34.3. The van der Waals surface area contributed by atoms with Gasteiger partial charge in [0.05, 0.1) is 18.3 Å². The Kier molecular flexibility index (Phi) is 8.21. The lowest BCUT2D eigenvalue weighted by molar-refractivity contribution is -0.164. The van der Waals surface area contributed by atoms with Crippen molar-refractivity contribution in [2.75, 3.05) is 6.61 Å². The number of hydrogen-bond donors (Lipinski definition) is 5. The predicted octanol–water partition coefficient (Wildman–Crippen LogP) is 2.86. The van der Waals surface area contributed by atoms with Gasteiger partial charge in [0.1, 0.15) is 23.7 Å². The van der Waals surface area contributed by atoms with Crippen LogP contribution in [0.5, 0.6) is 0 Å². The third kappa shape index (κ3) is 5.63. The molecule has 1 aliphatic heterocycles. The van der Waals surface area contributed by atoms with Gasteiger partial charge in [0.25, 0.3) is 0 Å². The highest BCUT2D eigenvalue weighted by molar-refractivity contribution is 7.99. The average molecular weight is 511 g/mol. The topological polar surface area (TPSA) is 108 Å². The number of ether oxygens (including phenoxy) is 1. The zero-order valence-electron chi connectivity index (χ0n) is 16.2. The summed E-state index contributed by atoms with van der Waals surface area (Å²) < 4.78 is 45.7. The van der Waals surface area contributed by atoms with Crippen molar-refractivity contribution in [3.8, 4) is 0 Å². The molecule has 1 heterocycles. The van der Waals surface area contributed by atoms with Gasteiger partial charge in [-0.3, -0.25) is 0 Å². The van der Waals surface area contributed by atoms with E-state index in [-0.39, 0.29) is 11.3 Å². The van der Waals surface area contributed by atoms with E-state index in [1.54, 1.807) is 12.1 Å². The van der Waals surface area contributed by atoms with Crippen molar-refractivity contribution < 1.29 is 33.2 Å². The van der Waals surface area contributed by atoms with Crippen LogP contribution < -0.4 is 11.1 Å². The van der Waals surface area contributed by atoms with Crippen molar-refractivity contribution >= 4 is 40.7 Å². The molecule has 0 radical (unpaired) electrons. The second-order valence-corrected chi connectivity index (χ2v) is 9.02. The van der Waals surface area contributed by atoms with Gasteiger partial charge in [-0.2, -0.15) is 0 Å². The van der Waals surface area contributed by atoms with Crippen molar-refractivity contribution in [3.63, 3.8) is 0 Å². The molecule has 12 heteroatoms. The third-order valence-electron chi connectivity index (χ3n) is 4.72. The molecule has 0 amide bonds. The summed E-state index contributed by atoms with van der Waals surface area (Å²) in [5.74, 6) is -4.46. The zero-order valence-corrected chi connectivity index (χ0v) is 18.5. The Morgan fingerprint density at radius 2 is 1.66 bits per heavy atom. The van der Waals surface area contributed by atoms with Gasteiger partial charge >= 0.3 is 0 Å². The molecule has 3 rings (SSSR count). The van der Waals surface area contributed by atoms with Crippen molar-refractivity contribution in [1.29, 1.82) is 0 Å². The van der Waals surface area contributed by atoms with Crippen LogP contribution in [-0.2, 0) is 4.74 Å². The summed E-state index contributed by atoms with van der Waals surface area (Å²) >= 11 is 13.1. The lowest BCUT2D eigenvalue weighted by atomic mass is 9.97. The highest BCUT2D eigenvalue weighted by Crippen LogP contribution is 2.35. The maximum Gasteiger partial charge on any atom is 0.194 e. The van der Waals surface area contributed by atoms with Crippen LogP contribution in [0.2, 0.25) is 10.0 Å². The summed E-state index contributed by atoms with van der Waals surface area (Å²) in [5.41, 5.74) is 4.54. The van der Waals surface area contributed by atoms with Gasteiger partial charge in [-0.1, -0.05) is 35.0 Å². The van der Waals surface area contributed by atoms with Gasteiger partial charge in [-0.15, -0.1) is 0 Å². The fourth-order valence-corrected chi connectivity index (χ4v) is 4.92. The minimum Gasteiger partial charge on any atom is -0.397 e. The highest BCUT2D eigenvalue weighted by atomic mass is 35.5. The number of rotatable bonds is 6. The Morgan fingerprint density at radius 3 is 2.22 bits per heavy atom. The van der Waals surface area contributed by atoms with Gasteiger partial charge in [-0.05, 0) is 30.3 Å². The van der Waals surface area contributed by atoms with Crippen LogP contribution in [-0.4, -0.2) is 51.7 Å². The first-order valence-electron chi connectivity index (χ1n) is 9.22. The van der Waals surface area contributed by atoms with E-state index in [4.69, 9.17) is 33.7 Å². The number of aliphatic hydroxyl groups is 3. The number of benzene rings is 2. The Morgan fingerprint density at radius 1 is 1.06 bits per heavy atom. The number of aliphatic hydroxyl groups excluding tert-OH is 3. The molecule has 2 aromatic rings. The molecule has 1 aliphatic rings. The fraction of sp³-hybridized carbons (Fsp3) is 0.300. The Labute approximate surface area is 195 Å². The largest absolute Gasteiger partial charge is 0.397 e. The van der Waals surface area contributed by atoms with Crippen LogP contribution in [0.25, 0.3) is 5.70 Å². The predicted molar refractivity (Wildman–Crippen MR) is 115 cm³/mol. The highest BCUT2D eigenvalue weighted by Gasteiger charge is 2.44. The van der Waals surface area contributed by atoms with Gasteiger partial charge in [0.2, 0.25) is 0 Å². The van der Waals surface area contributed by atoms with E-state index in [2.05, 4.69) is 5.32 Å². The van der Waals surface area contributed by atoms with E-state index in [9.17, 15) is 28.5 Å². The van der Waals surface area contributed by atoms with Crippen LogP contribution in [0.3, 0.4) is 0 Å². The summed E-state index contributed by atoms with van der Waals surface area (Å²) in [6.07, 6.45) is -2.62. The average Bonchev–Trinajstić information content (AvgIpc) is 2.72. The molecule has 174 valence electrons. The van der Waals surface area contributed by atoms with Crippen molar-refractivity contribution in [2.24, 2.45) is 5.73 Å².